The summed E-state index contributed by atoms with van der Waals surface area (Å²) in [5, 5.41) is 0. The fourth-order valence-electron chi connectivity index (χ4n) is 6.87. The predicted molar refractivity (Wildman–Crippen MR) is 261 cm³/mol. The van der Waals surface area contributed by atoms with Crippen LogP contribution in [-0.2, 0) is 28.6 Å². The molecule has 0 N–H and O–H groups in total. The van der Waals surface area contributed by atoms with Crippen LogP contribution in [0, 0.1) is 0 Å². The molecule has 0 radical (unpaired) electrons. The molecule has 1 unspecified atom stereocenters. The standard InChI is InChI=1S/C55H94O6/c1-4-7-10-13-16-19-21-23-25-26-27-28-30-31-33-36-39-42-45-48-54(57)60-51-52(50-59-53(56)47-44-41-38-35-18-15-12-9-6-3)61-55(58)49-46-43-40-37-34-32-29-24-22-20-17-14-11-8-5-2/h9,12,16-24,35,52H,4-8,10-11,13-15,25-34,36-51H2,1-3H3/b12-9-,19-16-,20-17-,23-21-,24-22-,35-18-. The van der Waals surface area contributed by atoms with Crippen LogP contribution in [0.2, 0.25) is 0 Å². The Labute approximate surface area is 376 Å². The number of unbranched alkanes of at least 4 members (excludes halogenated alkanes) is 24. The molecule has 6 nitrogen and oxygen atoms in total. The van der Waals surface area contributed by atoms with Gasteiger partial charge in [0.25, 0.3) is 0 Å². The van der Waals surface area contributed by atoms with Crippen LogP contribution >= 0.6 is 0 Å². The normalized spacial score (nSPS) is 12.6. The maximum Gasteiger partial charge on any atom is 0.306 e. The van der Waals surface area contributed by atoms with E-state index in [0.717, 1.165) is 83.5 Å². The Hall–Kier alpha value is -3.15. The van der Waals surface area contributed by atoms with E-state index >= 15 is 0 Å². The third kappa shape index (κ3) is 47.7. The van der Waals surface area contributed by atoms with Gasteiger partial charge >= 0.3 is 17.9 Å². The van der Waals surface area contributed by atoms with Crippen LogP contribution in [0.3, 0.4) is 0 Å². The summed E-state index contributed by atoms with van der Waals surface area (Å²) in [5.41, 5.74) is 0. The second-order valence-corrected chi connectivity index (χ2v) is 16.7. The third-order valence-corrected chi connectivity index (χ3v) is 10.7. The van der Waals surface area contributed by atoms with Crippen molar-refractivity contribution in [1.82, 2.24) is 0 Å². The van der Waals surface area contributed by atoms with Gasteiger partial charge in [-0.1, -0.05) is 196 Å². The van der Waals surface area contributed by atoms with E-state index in [1.165, 1.54) is 116 Å². The van der Waals surface area contributed by atoms with E-state index in [0.29, 0.717) is 19.3 Å². The highest BCUT2D eigenvalue weighted by molar-refractivity contribution is 5.71. The number of carbonyl (C=O) groups is 3. The Morgan fingerprint density at radius 2 is 0.689 bits per heavy atom. The average Bonchev–Trinajstić information content (AvgIpc) is 3.26. The van der Waals surface area contributed by atoms with Crippen molar-refractivity contribution < 1.29 is 28.6 Å². The summed E-state index contributed by atoms with van der Waals surface area (Å²) in [7, 11) is 0. The molecule has 0 saturated heterocycles. The quantitative estimate of drug-likeness (QED) is 0.0200. The van der Waals surface area contributed by atoms with Crippen LogP contribution in [0.4, 0.5) is 0 Å². The SMILES string of the molecule is CC/C=C\C/C=C\CCCCC(=O)OCC(COC(=O)CCCCCCCCCCCC/C=C\C=C/CCCCC)OC(=O)CCCCCCCC/C=C\C=C/CCCCC. The number of hydrogen-bond acceptors (Lipinski definition) is 6. The highest BCUT2D eigenvalue weighted by Crippen LogP contribution is 2.14. The minimum atomic E-state index is -0.794. The molecule has 1 atom stereocenters. The van der Waals surface area contributed by atoms with Gasteiger partial charge in [0.15, 0.2) is 6.10 Å². The zero-order valence-electron chi connectivity index (χ0n) is 39.9. The summed E-state index contributed by atoms with van der Waals surface area (Å²) in [6, 6.07) is 0. The first-order valence-electron chi connectivity index (χ1n) is 25.5. The molecule has 0 aliphatic carbocycles. The first kappa shape index (κ1) is 57.9. The van der Waals surface area contributed by atoms with Crippen molar-refractivity contribution in [3.63, 3.8) is 0 Å². The first-order chi connectivity index (χ1) is 30.0. The van der Waals surface area contributed by atoms with Crippen molar-refractivity contribution >= 4 is 17.9 Å². The van der Waals surface area contributed by atoms with E-state index in [1.54, 1.807) is 0 Å². The summed E-state index contributed by atoms with van der Waals surface area (Å²) in [4.78, 5) is 37.8. The van der Waals surface area contributed by atoms with Crippen molar-refractivity contribution in [3.8, 4) is 0 Å². The Morgan fingerprint density at radius 1 is 0.361 bits per heavy atom. The molecule has 0 amide bonds. The summed E-state index contributed by atoms with van der Waals surface area (Å²) < 4.78 is 16.7. The van der Waals surface area contributed by atoms with E-state index in [1.807, 2.05) is 0 Å². The number of carbonyl (C=O) groups excluding carboxylic acids is 3. The Bertz CT molecular complexity index is 1160. The van der Waals surface area contributed by atoms with Gasteiger partial charge in [-0.05, 0) is 96.3 Å². The van der Waals surface area contributed by atoms with Gasteiger partial charge in [0.2, 0.25) is 0 Å². The lowest BCUT2D eigenvalue weighted by Crippen LogP contribution is -2.30. The predicted octanol–water partition coefficient (Wildman–Crippen LogP) is 16.6. The first-order valence-corrected chi connectivity index (χ1v) is 25.5. The lowest BCUT2D eigenvalue weighted by molar-refractivity contribution is -0.167. The number of esters is 3. The van der Waals surface area contributed by atoms with Gasteiger partial charge < -0.3 is 14.2 Å². The number of hydrogen-bond donors (Lipinski definition) is 0. The molecule has 0 rings (SSSR count). The van der Waals surface area contributed by atoms with Crippen LogP contribution in [0.15, 0.2) is 72.9 Å². The zero-order chi connectivity index (χ0) is 44.4. The van der Waals surface area contributed by atoms with Crippen molar-refractivity contribution in [2.75, 3.05) is 13.2 Å². The Balaban J connectivity index is 4.34. The smallest absolute Gasteiger partial charge is 0.306 e. The molecule has 350 valence electrons. The molecular weight excluding hydrogens is 757 g/mol. The minimum absolute atomic E-state index is 0.0926. The molecule has 0 bridgehead atoms. The number of rotatable bonds is 45. The van der Waals surface area contributed by atoms with Crippen LogP contribution in [0.5, 0.6) is 0 Å². The second kappa shape index (κ2) is 49.5. The topological polar surface area (TPSA) is 78.9 Å². The lowest BCUT2D eigenvalue weighted by atomic mass is 10.1. The van der Waals surface area contributed by atoms with Crippen molar-refractivity contribution in [2.24, 2.45) is 0 Å². The molecule has 0 spiro atoms. The van der Waals surface area contributed by atoms with Crippen molar-refractivity contribution in [3.05, 3.63) is 72.9 Å². The van der Waals surface area contributed by atoms with E-state index in [9.17, 15) is 14.4 Å². The van der Waals surface area contributed by atoms with E-state index in [-0.39, 0.29) is 31.1 Å². The molecule has 0 fully saturated rings. The number of allylic oxidation sites excluding steroid dienone is 12. The van der Waals surface area contributed by atoms with Gasteiger partial charge in [-0.2, -0.15) is 0 Å². The monoisotopic (exact) mass is 851 g/mol. The molecular formula is C55H94O6. The van der Waals surface area contributed by atoms with Gasteiger partial charge in [0, 0.05) is 19.3 Å². The van der Waals surface area contributed by atoms with Gasteiger partial charge in [-0.3, -0.25) is 14.4 Å². The van der Waals surface area contributed by atoms with E-state index in [2.05, 4.69) is 93.7 Å². The molecule has 0 saturated carbocycles. The molecule has 0 aromatic carbocycles. The van der Waals surface area contributed by atoms with Gasteiger partial charge in [0.05, 0.1) is 0 Å². The van der Waals surface area contributed by atoms with Crippen LogP contribution in [0.25, 0.3) is 0 Å². The summed E-state index contributed by atoms with van der Waals surface area (Å²) >= 11 is 0. The third-order valence-electron chi connectivity index (χ3n) is 10.7. The zero-order valence-corrected chi connectivity index (χ0v) is 39.9. The molecule has 0 aliphatic rings. The highest BCUT2D eigenvalue weighted by atomic mass is 16.6. The summed E-state index contributed by atoms with van der Waals surface area (Å²) in [5.74, 6) is -0.946. The maximum atomic E-state index is 12.8. The number of ether oxygens (including phenoxy) is 3. The van der Waals surface area contributed by atoms with E-state index in [4.69, 9.17) is 14.2 Å². The van der Waals surface area contributed by atoms with Crippen LogP contribution in [0.1, 0.15) is 239 Å². The fourth-order valence-corrected chi connectivity index (χ4v) is 6.87. The molecule has 61 heavy (non-hydrogen) atoms. The molecule has 0 heterocycles. The highest BCUT2D eigenvalue weighted by Gasteiger charge is 2.19. The largest absolute Gasteiger partial charge is 0.462 e. The fraction of sp³-hybridized carbons (Fsp3) is 0.727. The van der Waals surface area contributed by atoms with Crippen LogP contribution in [-0.4, -0.2) is 37.2 Å². The summed E-state index contributed by atoms with van der Waals surface area (Å²) in [6.45, 7) is 6.41. The minimum Gasteiger partial charge on any atom is -0.462 e. The summed E-state index contributed by atoms with van der Waals surface area (Å²) in [6.07, 6.45) is 61.8. The molecule has 6 heteroatoms. The van der Waals surface area contributed by atoms with Crippen LogP contribution < -0.4 is 0 Å². The van der Waals surface area contributed by atoms with Gasteiger partial charge in [-0.15, -0.1) is 0 Å². The van der Waals surface area contributed by atoms with E-state index < -0.39 is 6.10 Å². The maximum absolute atomic E-state index is 12.8. The average molecular weight is 851 g/mol. The van der Waals surface area contributed by atoms with Crippen molar-refractivity contribution in [1.29, 1.82) is 0 Å². The molecule has 0 aliphatic heterocycles. The van der Waals surface area contributed by atoms with Crippen molar-refractivity contribution in [2.45, 2.75) is 245 Å². The Kier molecular flexibility index (Phi) is 46.9. The van der Waals surface area contributed by atoms with Gasteiger partial charge in [0.1, 0.15) is 13.2 Å². The molecule has 0 aromatic heterocycles. The lowest BCUT2D eigenvalue weighted by Gasteiger charge is -2.18. The van der Waals surface area contributed by atoms with Gasteiger partial charge in [-0.25, -0.2) is 0 Å². The second-order valence-electron chi connectivity index (χ2n) is 16.7. The molecule has 0 aromatic rings. The Morgan fingerprint density at radius 3 is 1.11 bits per heavy atom.